The van der Waals surface area contributed by atoms with E-state index in [1.165, 1.54) is 0 Å². The molecule has 1 spiro atoms. The third-order valence-corrected chi connectivity index (χ3v) is 5.35. The second-order valence-corrected chi connectivity index (χ2v) is 7.48. The molecular formula is C23H27NO5. The van der Waals surface area contributed by atoms with Gasteiger partial charge in [-0.1, -0.05) is 11.6 Å². The fraction of sp³-hybridized carbons (Fsp3) is 0.435. The molecule has 2 heterocycles. The Morgan fingerprint density at radius 3 is 2.45 bits per heavy atom. The molecule has 2 aromatic carbocycles. The van der Waals surface area contributed by atoms with Crippen LogP contribution >= 0.6 is 0 Å². The van der Waals surface area contributed by atoms with Gasteiger partial charge in [0, 0.05) is 12.1 Å². The molecule has 0 aliphatic carbocycles. The number of fused-ring (bicyclic) bond motifs is 2. The maximum atomic E-state index is 13.4. The van der Waals surface area contributed by atoms with Gasteiger partial charge in [-0.05, 0) is 62.6 Å². The Hall–Kier alpha value is -2.57. The second kappa shape index (κ2) is 8.05. The van der Waals surface area contributed by atoms with E-state index in [0.717, 1.165) is 40.3 Å². The van der Waals surface area contributed by atoms with Crippen LogP contribution in [-0.2, 0) is 20.1 Å². The summed E-state index contributed by atoms with van der Waals surface area (Å²) >= 11 is 0. The minimum atomic E-state index is -1.29. The van der Waals surface area contributed by atoms with Gasteiger partial charge in [0.25, 0.3) is 11.7 Å². The van der Waals surface area contributed by atoms with Gasteiger partial charge in [0.1, 0.15) is 11.5 Å². The Morgan fingerprint density at radius 1 is 1.07 bits per heavy atom. The summed E-state index contributed by atoms with van der Waals surface area (Å²) in [6, 6.07) is 11.6. The third kappa shape index (κ3) is 3.58. The van der Waals surface area contributed by atoms with Gasteiger partial charge >= 0.3 is 0 Å². The fourth-order valence-corrected chi connectivity index (χ4v) is 4.07. The van der Waals surface area contributed by atoms with Gasteiger partial charge in [0.05, 0.1) is 32.6 Å². The van der Waals surface area contributed by atoms with Gasteiger partial charge in [0.15, 0.2) is 0 Å². The van der Waals surface area contributed by atoms with E-state index < -0.39 is 5.79 Å². The third-order valence-electron chi connectivity index (χ3n) is 5.35. The van der Waals surface area contributed by atoms with Crippen molar-refractivity contribution in [1.29, 1.82) is 0 Å². The molecule has 0 bridgehead atoms. The first kappa shape index (κ1) is 19.7. The second-order valence-electron chi connectivity index (χ2n) is 7.48. The first-order valence-corrected chi connectivity index (χ1v) is 10.0. The molecule has 2 aliphatic rings. The molecule has 6 nitrogen and oxygen atoms in total. The normalized spacial score (nSPS) is 17.5. The molecule has 0 aromatic heterocycles. The van der Waals surface area contributed by atoms with Crippen LogP contribution in [0.1, 0.15) is 29.5 Å². The number of nitrogens with zero attached hydrogens (tertiary/aromatic N) is 1. The van der Waals surface area contributed by atoms with E-state index in [2.05, 4.69) is 6.07 Å². The van der Waals surface area contributed by atoms with Crippen molar-refractivity contribution in [2.45, 2.75) is 32.5 Å². The monoisotopic (exact) mass is 397 g/mol. The summed E-state index contributed by atoms with van der Waals surface area (Å²) in [5.41, 5.74) is 3.89. The summed E-state index contributed by atoms with van der Waals surface area (Å²) in [7, 11) is 1.64. The van der Waals surface area contributed by atoms with Gasteiger partial charge in [-0.2, -0.15) is 0 Å². The molecular weight excluding hydrogens is 370 g/mol. The van der Waals surface area contributed by atoms with E-state index in [9.17, 15) is 4.79 Å². The zero-order chi connectivity index (χ0) is 20.4. The number of anilines is 1. The molecule has 1 saturated heterocycles. The van der Waals surface area contributed by atoms with E-state index >= 15 is 0 Å². The standard InChI is InChI=1S/C23H27NO5/c1-16-14-17(2)21-20(15-16)23(28-12-5-13-29-23)22(25)24(21)10-4-11-27-19-8-6-18(26-3)7-9-19/h6-9,14-15H,4-5,10-13H2,1-3H3. The number of aryl methyl sites for hydroxylation is 2. The van der Waals surface area contributed by atoms with Crippen molar-refractivity contribution >= 4 is 11.6 Å². The Kier molecular flexibility index (Phi) is 5.48. The largest absolute Gasteiger partial charge is 0.497 e. The van der Waals surface area contributed by atoms with Crippen molar-refractivity contribution in [2.75, 3.05) is 38.4 Å². The average molecular weight is 397 g/mol. The highest BCUT2D eigenvalue weighted by Crippen LogP contribution is 2.47. The minimum absolute atomic E-state index is 0.134. The van der Waals surface area contributed by atoms with Crippen molar-refractivity contribution in [1.82, 2.24) is 0 Å². The molecule has 0 unspecified atom stereocenters. The highest BCUT2D eigenvalue weighted by atomic mass is 16.7. The predicted octanol–water partition coefficient (Wildman–Crippen LogP) is 3.72. The van der Waals surface area contributed by atoms with Crippen LogP contribution in [0.2, 0.25) is 0 Å². The first-order chi connectivity index (χ1) is 14.0. The SMILES string of the molecule is COc1ccc(OCCCN2C(=O)C3(OCCCO3)c3cc(C)cc(C)c32)cc1. The lowest BCUT2D eigenvalue weighted by atomic mass is 10.00. The summed E-state index contributed by atoms with van der Waals surface area (Å²) < 4.78 is 22.9. The number of hydrogen-bond donors (Lipinski definition) is 0. The molecule has 6 heteroatoms. The van der Waals surface area contributed by atoms with Crippen LogP contribution in [0.15, 0.2) is 36.4 Å². The van der Waals surface area contributed by atoms with Crippen LogP contribution in [0.25, 0.3) is 0 Å². The van der Waals surface area contributed by atoms with Crippen LogP contribution < -0.4 is 14.4 Å². The number of carbonyl (C=O) groups is 1. The van der Waals surface area contributed by atoms with Gasteiger partial charge in [0.2, 0.25) is 0 Å². The lowest BCUT2D eigenvalue weighted by Gasteiger charge is -2.32. The molecule has 0 atom stereocenters. The van der Waals surface area contributed by atoms with Crippen LogP contribution in [0.5, 0.6) is 11.5 Å². The number of hydrogen-bond acceptors (Lipinski definition) is 5. The smallest absolute Gasteiger partial charge is 0.292 e. The number of rotatable bonds is 6. The summed E-state index contributed by atoms with van der Waals surface area (Å²) in [6.07, 6.45) is 1.49. The maximum absolute atomic E-state index is 13.4. The van der Waals surface area contributed by atoms with Gasteiger partial charge in [-0.25, -0.2) is 0 Å². The summed E-state index contributed by atoms with van der Waals surface area (Å²) in [5.74, 6) is 0.146. The lowest BCUT2D eigenvalue weighted by molar-refractivity contribution is -0.256. The zero-order valence-electron chi connectivity index (χ0n) is 17.2. The summed E-state index contributed by atoms with van der Waals surface area (Å²) in [6.45, 7) is 6.14. The number of carbonyl (C=O) groups excluding carboxylic acids is 1. The van der Waals surface area contributed by atoms with Crippen molar-refractivity contribution in [3.8, 4) is 11.5 Å². The number of ether oxygens (including phenoxy) is 4. The minimum Gasteiger partial charge on any atom is -0.497 e. The first-order valence-electron chi connectivity index (χ1n) is 10.0. The van der Waals surface area contributed by atoms with Gasteiger partial charge in [-0.3, -0.25) is 4.79 Å². The number of amides is 1. The zero-order valence-corrected chi connectivity index (χ0v) is 17.2. The van der Waals surface area contributed by atoms with Crippen LogP contribution in [0.4, 0.5) is 5.69 Å². The van der Waals surface area contributed by atoms with Crippen LogP contribution in [-0.4, -0.2) is 39.4 Å². The van der Waals surface area contributed by atoms with E-state index in [1.807, 2.05) is 44.2 Å². The highest BCUT2D eigenvalue weighted by Gasteiger charge is 2.55. The van der Waals surface area contributed by atoms with Crippen LogP contribution in [0.3, 0.4) is 0 Å². The van der Waals surface area contributed by atoms with Crippen LogP contribution in [0, 0.1) is 13.8 Å². The average Bonchev–Trinajstić information content (AvgIpc) is 2.95. The molecule has 4 rings (SSSR count). The van der Waals surface area contributed by atoms with Gasteiger partial charge in [-0.15, -0.1) is 0 Å². The van der Waals surface area contributed by atoms with Crippen molar-refractivity contribution < 1.29 is 23.7 Å². The van der Waals surface area contributed by atoms with E-state index in [-0.39, 0.29) is 5.91 Å². The topological polar surface area (TPSA) is 57.2 Å². The number of methoxy groups -OCH3 is 1. The summed E-state index contributed by atoms with van der Waals surface area (Å²) in [4.78, 5) is 15.2. The summed E-state index contributed by atoms with van der Waals surface area (Å²) in [5, 5.41) is 0. The predicted molar refractivity (Wildman–Crippen MR) is 110 cm³/mol. The molecule has 2 aliphatic heterocycles. The molecule has 2 aromatic rings. The fourth-order valence-electron chi connectivity index (χ4n) is 4.07. The lowest BCUT2D eigenvalue weighted by Crippen LogP contribution is -2.47. The molecule has 0 radical (unpaired) electrons. The number of benzene rings is 2. The van der Waals surface area contributed by atoms with Crippen molar-refractivity contribution in [3.05, 3.63) is 53.1 Å². The molecule has 0 saturated carbocycles. The van der Waals surface area contributed by atoms with E-state index in [1.54, 1.807) is 12.0 Å². The molecule has 0 N–H and O–H groups in total. The molecule has 1 fully saturated rings. The quantitative estimate of drug-likeness (QED) is 0.696. The highest BCUT2D eigenvalue weighted by molar-refractivity contribution is 6.07. The van der Waals surface area contributed by atoms with E-state index in [0.29, 0.717) is 32.8 Å². The maximum Gasteiger partial charge on any atom is 0.292 e. The van der Waals surface area contributed by atoms with Gasteiger partial charge < -0.3 is 23.8 Å². The Labute approximate surface area is 171 Å². The van der Waals surface area contributed by atoms with E-state index in [4.69, 9.17) is 18.9 Å². The Balaban J connectivity index is 1.48. The molecule has 29 heavy (non-hydrogen) atoms. The van der Waals surface area contributed by atoms with Crippen molar-refractivity contribution in [3.63, 3.8) is 0 Å². The molecule has 154 valence electrons. The van der Waals surface area contributed by atoms with Crippen molar-refractivity contribution in [2.24, 2.45) is 0 Å². The molecule has 1 amide bonds. The Morgan fingerprint density at radius 2 is 1.76 bits per heavy atom. The Bertz CT molecular complexity index is 887.